The molecule has 0 saturated heterocycles. The molecule has 2 rings (SSSR count). The van der Waals surface area contributed by atoms with Gasteiger partial charge < -0.3 is 10.2 Å². The lowest BCUT2D eigenvalue weighted by molar-refractivity contribution is -0.139. The van der Waals surface area contributed by atoms with Gasteiger partial charge in [0.1, 0.15) is 12.6 Å². The summed E-state index contributed by atoms with van der Waals surface area (Å²) in [6, 6.07) is 12.3. The Morgan fingerprint density at radius 3 is 2.21 bits per heavy atom. The van der Waals surface area contributed by atoms with Crippen LogP contribution in [0.3, 0.4) is 0 Å². The smallest absolute Gasteiger partial charge is 0.304 e. The van der Waals surface area contributed by atoms with Gasteiger partial charge in [0.05, 0.1) is 5.69 Å². The van der Waals surface area contributed by atoms with Gasteiger partial charge in [-0.25, -0.2) is 4.31 Å². The number of hydrogen-bond acceptors (Lipinski definition) is 4. The third-order valence-electron chi connectivity index (χ3n) is 5.67. The molecular formula is C24H34N4O4S. The molecule has 2 amide bonds. The van der Waals surface area contributed by atoms with Crippen LogP contribution in [0.4, 0.5) is 5.69 Å². The molecule has 0 aliphatic heterocycles. The Kier molecular flexibility index (Phi) is 8.63. The summed E-state index contributed by atoms with van der Waals surface area (Å²) in [6.45, 7) is 6.99. The van der Waals surface area contributed by atoms with E-state index in [0.29, 0.717) is 5.69 Å². The molecule has 0 saturated carbocycles. The molecule has 180 valence electrons. The molecule has 9 heteroatoms. The highest BCUT2D eigenvalue weighted by Crippen LogP contribution is 2.26. The molecule has 0 heterocycles. The second kappa shape index (κ2) is 10.8. The first kappa shape index (κ1) is 26.3. The predicted octanol–water partition coefficient (Wildman–Crippen LogP) is 2.39. The molecular weight excluding hydrogens is 440 g/mol. The van der Waals surface area contributed by atoms with Crippen molar-refractivity contribution in [3.8, 4) is 0 Å². The second-order valence-electron chi connectivity index (χ2n) is 8.33. The van der Waals surface area contributed by atoms with Crippen molar-refractivity contribution in [1.82, 2.24) is 14.5 Å². The number of benzene rings is 2. The standard InChI is InChI=1S/C24H34N4O4S/c1-17-12-13-19(3)22(14-17)28(33(31,32)26(6)7)16-23(29)27(20(4)24(30)25-5)15-21-11-9-8-10-18(21)2/h8-14,20H,15-16H2,1-7H3,(H,25,30)/t20-/m1/s1. The number of rotatable bonds is 9. The van der Waals surface area contributed by atoms with Crippen LogP contribution in [0.15, 0.2) is 42.5 Å². The summed E-state index contributed by atoms with van der Waals surface area (Å²) in [5.74, 6) is -0.800. The SMILES string of the molecule is CNC(=O)[C@@H](C)N(Cc1ccccc1C)C(=O)CN(c1cc(C)ccc1C)S(=O)(=O)N(C)C. The van der Waals surface area contributed by atoms with Gasteiger partial charge in [0.2, 0.25) is 11.8 Å². The van der Waals surface area contributed by atoms with Gasteiger partial charge in [-0.1, -0.05) is 36.4 Å². The number of amides is 2. The fourth-order valence-corrected chi connectivity index (χ4v) is 4.57. The van der Waals surface area contributed by atoms with Crippen LogP contribution in [0.5, 0.6) is 0 Å². The van der Waals surface area contributed by atoms with Crippen molar-refractivity contribution in [3.63, 3.8) is 0 Å². The molecule has 0 fully saturated rings. The Balaban J connectivity index is 2.52. The molecule has 0 aliphatic rings. The number of likely N-dealkylation sites (N-methyl/N-ethyl adjacent to an activating group) is 1. The van der Waals surface area contributed by atoms with Crippen LogP contribution < -0.4 is 9.62 Å². The minimum Gasteiger partial charge on any atom is -0.357 e. The summed E-state index contributed by atoms with van der Waals surface area (Å²) in [6.07, 6.45) is 0. The molecule has 33 heavy (non-hydrogen) atoms. The summed E-state index contributed by atoms with van der Waals surface area (Å²) in [5.41, 5.74) is 3.89. The normalized spacial score (nSPS) is 12.4. The van der Waals surface area contributed by atoms with Crippen LogP contribution in [-0.2, 0) is 26.3 Å². The first-order valence-corrected chi connectivity index (χ1v) is 12.1. The first-order valence-electron chi connectivity index (χ1n) is 10.7. The van der Waals surface area contributed by atoms with Gasteiger partial charge in [-0.15, -0.1) is 0 Å². The Labute approximate surface area is 197 Å². The molecule has 2 aromatic carbocycles. The van der Waals surface area contributed by atoms with Gasteiger partial charge in [-0.2, -0.15) is 12.7 Å². The van der Waals surface area contributed by atoms with Crippen LogP contribution in [-0.4, -0.2) is 63.2 Å². The molecule has 0 unspecified atom stereocenters. The largest absolute Gasteiger partial charge is 0.357 e. The molecule has 1 atom stereocenters. The highest BCUT2D eigenvalue weighted by Gasteiger charge is 2.33. The van der Waals surface area contributed by atoms with E-state index in [1.54, 1.807) is 19.9 Å². The fourth-order valence-electron chi connectivity index (χ4n) is 3.45. The van der Waals surface area contributed by atoms with Crippen LogP contribution in [0.1, 0.15) is 29.2 Å². The number of aryl methyl sites for hydroxylation is 3. The molecule has 8 nitrogen and oxygen atoms in total. The number of nitrogens with zero attached hydrogens (tertiary/aromatic N) is 3. The van der Waals surface area contributed by atoms with E-state index in [2.05, 4.69) is 5.32 Å². The number of nitrogens with one attached hydrogen (secondary N) is 1. The number of carbonyl (C=O) groups excluding carboxylic acids is 2. The van der Waals surface area contributed by atoms with E-state index < -0.39 is 28.7 Å². The lowest BCUT2D eigenvalue weighted by Crippen LogP contribution is -2.52. The fraction of sp³-hybridized carbons (Fsp3) is 0.417. The van der Waals surface area contributed by atoms with Crippen molar-refractivity contribution in [2.24, 2.45) is 0 Å². The topological polar surface area (TPSA) is 90.0 Å². The minimum atomic E-state index is -3.97. The van der Waals surface area contributed by atoms with Crippen LogP contribution in [0.2, 0.25) is 0 Å². The van der Waals surface area contributed by atoms with E-state index in [1.165, 1.54) is 26.0 Å². The lowest BCUT2D eigenvalue weighted by atomic mass is 10.1. The predicted molar refractivity (Wildman–Crippen MR) is 131 cm³/mol. The Bertz CT molecular complexity index is 1120. The average Bonchev–Trinajstić information content (AvgIpc) is 2.77. The monoisotopic (exact) mass is 474 g/mol. The maximum Gasteiger partial charge on any atom is 0.304 e. The molecule has 0 spiro atoms. The maximum atomic E-state index is 13.6. The zero-order chi connectivity index (χ0) is 24.9. The average molecular weight is 475 g/mol. The van der Waals surface area contributed by atoms with E-state index in [4.69, 9.17) is 0 Å². The summed E-state index contributed by atoms with van der Waals surface area (Å²) in [7, 11) is 0.388. The Morgan fingerprint density at radius 2 is 1.64 bits per heavy atom. The van der Waals surface area contributed by atoms with Crippen molar-refractivity contribution in [3.05, 3.63) is 64.7 Å². The van der Waals surface area contributed by atoms with Gasteiger partial charge in [0, 0.05) is 27.7 Å². The zero-order valence-electron chi connectivity index (χ0n) is 20.4. The van der Waals surface area contributed by atoms with Crippen molar-refractivity contribution in [2.75, 3.05) is 32.0 Å². The second-order valence-corrected chi connectivity index (χ2v) is 10.4. The van der Waals surface area contributed by atoms with E-state index >= 15 is 0 Å². The quantitative estimate of drug-likeness (QED) is 0.604. The zero-order valence-corrected chi connectivity index (χ0v) is 21.2. The molecule has 0 bridgehead atoms. The molecule has 1 N–H and O–H groups in total. The van der Waals surface area contributed by atoms with Crippen LogP contribution in [0.25, 0.3) is 0 Å². The third-order valence-corrected chi connectivity index (χ3v) is 7.47. The highest BCUT2D eigenvalue weighted by atomic mass is 32.2. The van der Waals surface area contributed by atoms with Crippen molar-refractivity contribution < 1.29 is 18.0 Å². The van der Waals surface area contributed by atoms with Gasteiger partial charge in [-0.05, 0) is 56.0 Å². The van der Waals surface area contributed by atoms with Gasteiger partial charge in [0.25, 0.3) is 0 Å². The summed E-state index contributed by atoms with van der Waals surface area (Å²) >= 11 is 0. The summed E-state index contributed by atoms with van der Waals surface area (Å²) in [5, 5.41) is 2.58. The van der Waals surface area contributed by atoms with Crippen molar-refractivity contribution in [2.45, 2.75) is 40.3 Å². The molecule has 0 aliphatic carbocycles. The van der Waals surface area contributed by atoms with Crippen molar-refractivity contribution in [1.29, 1.82) is 0 Å². The maximum absolute atomic E-state index is 13.6. The Morgan fingerprint density at radius 1 is 1.00 bits per heavy atom. The van der Waals surface area contributed by atoms with Gasteiger partial charge in [-0.3, -0.25) is 9.59 Å². The summed E-state index contributed by atoms with van der Waals surface area (Å²) < 4.78 is 28.6. The van der Waals surface area contributed by atoms with E-state index in [9.17, 15) is 18.0 Å². The molecule has 0 radical (unpaired) electrons. The van der Waals surface area contributed by atoms with Crippen LogP contribution in [0, 0.1) is 20.8 Å². The van der Waals surface area contributed by atoms with Gasteiger partial charge in [0.15, 0.2) is 0 Å². The number of carbonyl (C=O) groups is 2. The number of hydrogen-bond donors (Lipinski definition) is 1. The number of anilines is 1. The summed E-state index contributed by atoms with van der Waals surface area (Å²) in [4.78, 5) is 27.5. The van der Waals surface area contributed by atoms with Crippen LogP contribution >= 0.6 is 0 Å². The van der Waals surface area contributed by atoms with E-state index in [0.717, 1.165) is 30.9 Å². The lowest BCUT2D eigenvalue weighted by Gasteiger charge is -2.33. The highest BCUT2D eigenvalue weighted by molar-refractivity contribution is 7.90. The van der Waals surface area contributed by atoms with E-state index in [1.807, 2.05) is 50.2 Å². The van der Waals surface area contributed by atoms with E-state index in [-0.39, 0.29) is 12.5 Å². The molecule has 0 aromatic heterocycles. The van der Waals surface area contributed by atoms with Crippen molar-refractivity contribution >= 4 is 27.7 Å². The van der Waals surface area contributed by atoms with Gasteiger partial charge >= 0.3 is 10.2 Å². The third kappa shape index (κ3) is 6.11. The molecule has 2 aromatic rings. The minimum absolute atomic E-state index is 0.183. The first-order chi connectivity index (χ1) is 15.4. The Hall–Kier alpha value is -2.91.